The monoisotopic (exact) mass is 260 g/mol. The summed E-state index contributed by atoms with van der Waals surface area (Å²) in [7, 11) is 1.80. The average molecular weight is 260 g/mol. The fourth-order valence-corrected chi connectivity index (χ4v) is 1.75. The first kappa shape index (κ1) is 14.8. The molecule has 1 atom stereocenters. The molecule has 0 saturated heterocycles. The van der Waals surface area contributed by atoms with Crippen LogP contribution in [0.2, 0.25) is 0 Å². The van der Waals surface area contributed by atoms with Gasteiger partial charge in [0.25, 0.3) is 0 Å². The van der Waals surface area contributed by atoms with E-state index in [0.717, 1.165) is 6.42 Å². The molecule has 0 aliphatic heterocycles. The van der Waals surface area contributed by atoms with E-state index in [-0.39, 0.29) is 18.2 Å². The summed E-state index contributed by atoms with van der Waals surface area (Å²) in [6.07, 6.45) is -3.49. The van der Waals surface area contributed by atoms with Crippen molar-refractivity contribution >= 4 is 5.69 Å². The van der Waals surface area contributed by atoms with Gasteiger partial charge in [0.05, 0.1) is 5.56 Å². The summed E-state index contributed by atoms with van der Waals surface area (Å²) in [5, 5.41) is 0. The number of anilines is 1. The second kappa shape index (κ2) is 5.61. The van der Waals surface area contributed by atoms with Crippen LogP contribution in [-0.4, -0.2) is 13.1 Å². The first-order valence-corrected chi connectivity index (χ1v) is 5.94. The maximum Gasteiger partial charge on any atom is 0.416 e. The lowest BCUT2D eigenvalue weighted by Gasteiger charge is -2.27. The molecule has 1 rings (SSSR count). The van der Waals surface area contributed by atoms with E-state index in [1.54, 1.807) is 13.1 Å². The van der Waals surface area contributed by atoms with Crippen LogP contribution in [-0.2, 0) is 12.7 Å². The van der Waals surface area contributed by atoms with Crippen molar-refractivity contribution in [3.05, 3.63) is 29.3 Å². The lowest BCUT2D eigenvalue weighted by molar-refractivity contribution is -0.138. The van der Waals surface area contributed by atoms with E-state index in [4.69, 9.17) is 5.73 Å². The number of hydrogen-bond acceptors (Lipinski definition) is 2. The minimum Gasteiger partial charge on any atom is -0.372 e. The number of rotatable bonds is 4. The SMILES string of the molecule is CCC(C)N(C)c1ccc(CN)c(C(F)(F)F)c1. The van der Waals surface area contributed by atoms with Crippen LogP contribution in [0.5, 0.6) is 0 Å². The fourth-order valence-electron chi connectivity index (χ4n) is 1.75. The van der Waals surface area contributed by atoms with E-state index >= 15 is 0 Å². The summed E-state index contributed by atoms with van der Waals surface area (Å²) >= 11 is 0. The number of nitrogens with zero attached hydrogens (tertiary/aromatic N) is 1. The predicted molar refractivity (Wildman–Crippen MR) is 67.5 cm³/mol. The second-order valence-corrected chi connectivity index (χ2v) is 4.41. The Hall–Kier alpha value is -1.23. The molecule has 2 nitrogen and oxygen atoms in total. The Morgan fingerprint density at radius 2 is 1.94 bits per heavy atom. The number of benzene rings is 1. The van der Waals surface area contributed by atoms with E-state index in [2.05, 4.69) is 0 Å². The Balaban J connectivity index is 3.18. The quantitative estimate of drug-likeness (QED) is 0.899. The Morgan fingerprint density at radius 3 is 2.39 bits per heavy atom. The molecule has 18 heavy (non-hydrogen) atoms. The van der Waals surface area contributed by atoms with Crippen molar-refractivity contribution in [1.29, 1.82) is 0 Å². The first-order valence-electron chi connectivity index (χ1n) is 5.94. The summed E-state index contributed by atoms with van der Waals surface area (Å²) in [5.74, 6) is 0. The van der Waals surface area contributed by atoms with Crippen LogP contribution in [0.3, 0.4) is 0 Å². The van der Waals surface area contributed by atoms with Gasteiger partial charge in [0.2, 0.25) is 0 Å². The molecule has 0 aliphatic carbocycles. The molecular weight excluding hydrogens is 241 g/mol. The van der Waals surface area contributed by atoms with Gasteiger partial charge in [-0.3, -0.25) is 0 Å². The maximum atomic E-state index is 12.9. The van der Waals surface area contributed by atoms with Crippen molar-refractivity contribution in [3.63, 3.8) is 0 Å². The summed E-state index contributed by atoms with van der Waals surface area (Å²) in [6.45, 7) is 3.87. The van der Waals surface area contributed by atoms with Crippen LogP contribution in [0, 0.1) is 0 Å². The summed E-state index contributed by atoms with van der Waals surface area (Å²) in [4.78, 5) is 1.84. The third kappa shape index (κ3) is 3.16. The highest BCUT2D eigenvalue weighted by atomic mass is 19.4. The van der Waals surface area contributed by atoms with Gasteiger partial charge in [-0.05, 0) is 31.0 Å². The molecule has 5 heteroatoms. The van der Waals surface area contributed by atoms with Gasteiger partial charge in [-0.2, -0.15) is 13.2 Å². The highest BCUT2D eigenvalue weighted by molar-refractivity contribution is 5.52. The minimum atomic E-state index is -4.36. The predicted octanol–water partition coefficient (Wildman–Crippen LogP) is 3.40. The van der Waals surface area contributed by atoms with Crippen LogP contribution < -0.4 is 10.6 Å². The van der Waals surface area contributed by atoms with E-state index in [1.165, 1.54) is 12.1 Å². The molecule has 1 aromatic rings. The molecule has 0 amide bonds. The van der Waals surface area contributed by atoms with Crippen molar-refractivity contribution in [2.45, 2.75) is 39.0 Å². The lowest BCUT2D eigenvalue weighted by Crippen LogP contribution is -2.28. The molecule has 0 fully saturated rings. The van der Waals surface area contributed by atoms with Crippen molar-refractivity contribution in [3.8, 4) is 0 Å². The average Bonchev–Trinajstić information content (AvgIpc) is 2.35. The van der Waals surface area contributed by atoms with Crippen LogP contribution >= 0.6 is 0 Å². The van der Waals surface area contributed by atoms with Crippen LogP contribution in [0.1, 0.15) is 31.4 Å². The van der Waals surface area contributed by atoms with Crippen molar-refractivity contribution in [1.82, 2.24) is 0 Å². The summed E-state index contributed by atoms with van der Waals surface area (Å²) in [6, 6.07) is 4.50. The van der Waals surface area contributed by atoms with Gasteiger partial charge in [-0.1, -0.05) is 13.0 Å². The van der Waals surface area contributed by atoms with Crippen LogP contribution in [0.4, 0.5) is 18.9 Å². The highest BCUT2D eigenvalue weighted by Crippen LogP contribution is 2.34. The zero-order valence-electron chi connectivity index (χ0n) is 10.9. The molecule has 0 bridgehead atoms. The molecule has 0 heterocycles. The third-order valence-corrected chi connectivity index (χ3v) is 3.28. The second-order valence-electron chi connectivity index (χ2n) is 4.41. The van der Waals surface area contributed by atoms with Crippen LogP contribution in [0.25, 0.3) is 0 Å². The molecule has 1 aromatic carbocycles. The third-order valence-electron chi connectivity index (χ3n) is 3.28. The van der Waals surface area contributed by atoms with Gasteiger partial charge in [-0.15, -0.1) is 0 Å². The molecule has 0 aromatic heterocycles. The molecule has 0 aliphatic rings. The van der Waals surface area contributed by atoms with Crippen molar-refractivity contribution in [2.75, 3.05) is 11.9 Å². The molecule has 0 saturated carbocycles. The smallest absolute Gasteiger partial charge is 0.372 e. The van der Waals surface area contributed by atoms with E-state index in [9.17, 15) is 13.2 Å². The van der Waals surface area contributed by atoms with Gasteiger partial charge in [0.1, 0.15) is 0 Å². The fraction of sp³-hybridized carbons (Fsp3) is 0.538. The van der Waals surface area contributed by atoms with Crippen LogP contribution in [0.15, 0.2) is 18.2 Å². The number of alkyl halides is 3. The number of halogens is 3. The molecule has 2 N–H and O–H groups in total. The highest BCUT2D eigenvalue weighted by Gasteiger charge is 2.33. The van der Waals surface area contributed by atoms with E-state index < -0.39 is 11.7 Å². The number of nitrogens with two attached hydrogens (primary N) is 1. The molecule has 0 radical (unpaired) electrons. The van der Waals surface area contributed by atoms with E-state index in [1.807, 2.05) is 18.7 Å². The largest absolute Gasteiger partial charge is 0.416 e. The standard InChI is InChI=1S/C13H19F3N2/c1-4-9(2)18(3)11-6-5-10(8-17)12(7-11)13(14,15)16/h5-7,9H,4,8,17H2,1-3H3. The van der Waals surface area contributed by atoms with E-state index in [0.29, 0.717) is 5.69 Å². The minimum absolute atomic E-state index is 0.109. The zero-order valence-corrected chi connectivity index (χ0v) is 10.9. The molecular formula is C13H19F3N2. The molecule has 0 spiro atoms. The molecule has 1 unspecified atom stereocenters. The van der Waals surface area contributed by atoms with Crippen molar-refractivity contribution < 1.29 is 13.2 Å². The van der Waals surface area contributed by atoms with Gasteiger partial charge in [-0.25, -0.2) is 0 Å². The normalized spacial score (nSPS) is 13.5. The Morgan fingerprint density at radius 1 is 1.33 bits per heavy atom. The summed E-state index contributed by atoms with van der Waals surface area (Å²) in [5.41, 5.74) is 5.40. The van der Waals surface area contributed by atoms with Gasteiger partial charge in [0, 0.05) is 25.3 Å². The Labute approximate surface area is 106 Å². The summed E-state index contributed by atoms with van der Waals surface area (Å²) < 4.78 is 38.7. The lowest BCUT2D eigenvalue weighted by atomic mass is 10.0. The maximum absolute atomic E-state index is 12.9. The van der Waals surface area contributed by atoms with Gasteiger partial charge < -0.3 is 10.6 Å². The van der Waals surface area contributed by atoms with Gasteiger partial charge >= 0.3 is 6.18 Å². The first-order chi connectivity index (χ1) is 8.31. The zero-order chi connectivity index (χ0) is 13.9. The Bertz CT molecular complexity index is 402. The van der Waals surface area contributed by atoms with Gasteiger partial charge in [0.15, 0.2) is 0 Å². The number of hydrogen-bond donors (Lipinski definition) is 1. The Kier molecular flexibility index (Phi) is 4.62. The topological polar surface area (TPSA) is 29.3 Å². The molecule has 102 valence electrons. The van der Waals surface area contributed by atoms with Crippen molar-refractivity contribution in [2.24, 2.45) is 5.73 Å².